The first-order valence-corrected chi connectivity index (χ1v) is 8.00. The number of hydrogen-bond donors (Lipinski definition) is 1. The Kier molecular flexibility index (Phi) is 2.75. The maximum absolute atomic E-state index is 6.19. The first kappa shape index (κ1) is 12.2. The van der Waals surface area contributed by atoms with Gasteiger partial charge in [-0.25, -0.2) is 9.67 Å². The van der Waals surface area contributed by atoms with Crippen molar-refractivity contribution in [3.63, 3.8) is 0 Å². The molecule has 0 aliphatic heterocycles. The molecule has 3 aromatic rings. The van der Waals surface area contributed by atoms with Crippen LogP contribution in [0.25, 0.3) is 16.7 Å². The van der Waals surface area contributed by atoms with Crippen molar-refractivity contribution in [1.82, 2.24) is 25.0 Å². The maximum Gasteiger partial charge on any atom is 0.164 e. The van der Waals surface area contributed by atoms with E-state index in [-0.39, 0.29) is 0 Å². The lowest BCUT2D eigenvalue weighted by Gasteiger charge is -2.05. The van der Waals surface area contributed by atoms with Gasteiger partial charge < -0.3 is 0 Å². The molecular weight excluding hydrogens is 294 g/mol. The van der Waals surface area contributed by atoms with Gasteiger partial charge in [0.05, 0.1) is 23.1 Å². The number of nitrogens with one attached hydrogen (secondary N) is 1. The number of pyridine rings is 1. The summed E-state index contributed by atoms with van der Waals surface area (Å²) in [5, 5.41) is 14.1. The molecule has 102 valence electrons. The number of aromatic amines is 1. The fraction of sp³-hybridized carbons (Fsp3) is 0.308. The summed E-state index contributed by atoms with van der Waals surface area (Å²) in [4.78, 5) is 4.62. The third kappa shape index (κ3) is 1.83. The molecule has 1 aliphatic carbocycles. The standard InChI is InChI=1S/C13H12ClN5S/c1-20-13-9(14)4-8-5-16-19(12(8)17-13)10-6-15-18-11(10)7-2-3-7/h4-7H,2-3H2,1H3,(H,15,18). The molecule has 4 rings (SSSR count). The Hall–Kier alpha value is -1.53. The van der Waals surface area contributed by atoms with Crippen molar-refractivity contribution in [2.24, 2.45) is 0 Å². The minimum absolute atomic E-state index is 0.582. The molecule has 0 spiro atoms. The van der Waals surface area contributed by atoms with Gasteiger partial charge in [0.15, 0.2) is 5.65 Å². The fourth-order valence-corrected chi connectivity index (χ4v) is 3.19. The normalized spacial score (nSPS) is 15.1. The van der Waals surface area contributed by atoms with Crippen molar-refractivity contribution >= 4 is 34.4 Å². The highest BCUT2D eigenvalue weighted by atomic mass is 35.5. The first-order valence-electron chi connectivity index (χ1n) is 6.40. The predicted molar refractivity (Wildman–Crippen MR) is 79.8 cm³/mol. The van der Waals surface area contributed by atoms with E-state index in [0.29, 0.717) is 10.9 Å². The second-order valence-corrected chi connectivity index (χ2v) is 6.09. The molecule has 1 N–H and O–H groups in total. The van der Waals surface area contributed by atoms with Gasteiger partial charge in [0.1, 0.15) is 10.7 Å². The number of aromatic nitrogens is 5. The summed E-state index contributed by atoms with van der Waals surface area (Å²) in [6, 6.07) is 1.91. The number of halogens is 1. The van der Waals surface area contributed by atoms with Crippen molar-refractivity contribution in [1.29, 1.82) is 0 Å². The Balaban J connectivity index is 1.93. The maximum atomic E-state index is 6.19. The predicted octanol–water partition coefficient (Wildman–Crippen LogP) is 3.40. The zero-order chi connectivity index (χ0) is 13.7. The van der Waals surface area contributed by atoms with Crippen molar-refractivity contribution < 1.29 is 0 Å². The van der Waals surface area contributed by atoms with Crippen LogP contribution in [0.2, 0.25) is 5.02 Å². The van der Waals surface area contributed by atoms with Gasteiger partial charge in [-0.1, -0.05) is 11.6 Å². The minimum Gasteiger partial charge on any atom is -0.280 e. The molecule has 0 saturated heterocycles. The van der Waals surface area contributed by atoms with Crippen molar-refractivity contribution in [3.8, 4) is 5.69 Å². The summed E-state index contributed by atoms with van der Waals surface area (Å²) in [5.74, 6) is 0.582. The van der Waals surface area contributed by atoms with Gasteiger partial charge in [-0.3, -0.25) is 5.10 Å². The van der Waals surface area contributed by atoms with Crippen LogP contribution in [0.5, 0.6) is 0 Å². The van der Waals surface area contributed by atoms with E-state index in [0.717, 1.165) is 27.4 Å². The highest BCUT2D eigenvalue weighted by molar-refractivity contribution is 7.98. The Morgan fingerprint density at radius 3 is 3.00 bits per heavy atom. The number of thioether (sulfide) groups is 1. The Morgan fingerprint density at radius 2 is 2.25 bits per heavy atom. The number of nitrogens with zero attached hydrogens (tertiary/aromatic N) is 4. The Labute approximate surface area is 124 Å². The topological polar surface area (TPSA) is 59.4 Å². The monoisotopic (exact) mass is 305 g/mol. The summed E-state index contributed by atoms with van der Waals surface area (Å²) in [6.07, 6.45) is 8.00. The van der Waals surface area contributed by atoms with Crippen LogP contribution in [0.15, 0.2) is 23.5 Å². The molecule has 0 atom stereocenters. The minimum atomic E-state index is 0.582. The van der Waals surface area contributed by atoms with Crippen molar-refractivity contribution in [2.75, 3.05) is 6.26 Å². The van der Waals surface area contributed by atoms with Crippen LogP contribution in [-0.4, -0.2) is 31.2 Å². The third-order valence-corrected chi connectivity index (χ3v) is 4.62. The molecule has 0 aromatic carbocycles. The van der Waals surface area contributed by atoms with Gasteiger partial charge in [-0.05, 0) is 25.2 Å². The average molecular weight is 306 g/mol. The van der Waals surface area contributed by atoms with Crippen LogP contribution in [0.3, 0.4) is 0 Å². The molecule has 20 heavy (non-hydrogen) atoms. The summed E-state index contributed by atoms with van der Waals surface area (Å²) in [7, 11) is 0. The van der Waals surface area contributed by atoms with Crippen LogP contribution in [0, 0.1) is 0 Å². The van der Waals surface area contributed by atoms with Crippen LogP contribution >= 0.6 is 23.4 Å². The number of hydrogen-bond acceptors (Lipinski definition) is 4. The number of fused-ring (bicyclic) bond motifs is 1. The molecular formula is C13H12ClN5S. The van der Waals surface area contributed by atoms with Crippen molar-refractivity contribution in [2.45, 2.75) is 23.8 Å². The molecule has 7 heteroatoms. The summed E-state index contributed by atoms with van der Waals surface area (Å²) >= 11 is 7.73. The van der Waals surface area contributed by atoms with Gasteiger partial charge in [0, 0.05) is 11.3 Å². The third-order valence-electron chi connectivity index (χ3n) is 3.52. The van der Waals surface area contributed by atoms with Gasteiger partial charge in [-0.2, -0.15) is 10.2 Å². The largest absolute Gasteiger partial charge is 0.280 e. The highest BCUT2D eigenvalue weighted by Gasteiger charge is 2.29. The zero-order valence-corrected chi connectivity index (χ0v) is 12.4. The molecule has 0 unspecified atom stereocenters. The van der Waals surface area contributed by atoms with Crippen molar-refractivity contribution in [3.05, 3.63) is 29.2 Å². The summed E-state index contributed by atoms with van der Waals surface area (Å²) in [5.41, 5.74) is 2.96. The molecule has 3 heterocycles. The molecule has 1 saturated carbocycles. The lowest BCUT2D eigenvalue weighted by atomic mass is 10.2. The molecule has 3 aromatic heterocycles. The van der Waals surface area contributed by atoms with Gasteiger partial charge in [0.2, 0.25) is 0 Å². The second kappa shape index (κ2) is 4.49. The zero-order valence-electron chi connectivity index (χ0n) is 10.8. The Morgan fingerprint density at radius 1 is 1.40 bits per heavy atom. The number of rotatable bonds is 3. The summed E-state index contributed by atoms with van der Waals surface area (Å²) < 4.78 is 1.85. The van der Waals surface area contributed by atoms with E-state index < -0.39 is 0 Å². The smallest absolute Gasteiger partial charge is 0.164 e. The highest BCUT2D eigenvalue weighted by Crippen LogP contribution is 2.41. The van der Waals surface area contributed by atoms with Gasteiger partial charge >= 0.3 is 0 Å². The fourth-order valence-electron chi connectivity index (χ4n) is 2.37. The summed E-state index contributed by atoms with van der Waals surface area (Å²) in [6.45, 7) is 0. The van der Waals surface area contributed by atoms with Gasteiger partial charge in [-0.15, -0.1) is 11.8 Å². The molecule has 0 bridgehead atoms. The quantitative estimate of drug-likeness (QED) is 0.753. The van der Waals surface area contributed by atoms with E-state index in [1.165, 1.54) is 24.6 Å². The van der Waals surface area contributed by atoms with Crippen LogP contribution in [0.1, 0.15) is 24.5 Å². The molecule has 1 fully saturated rings. The SMILES string of the molecule is CSc1nc2c(cnn2-c2cn[nH]c2C2CC2)cc1Cl. The van der Waals surface area contributed by atoms with Crippen LogP contribution < -0.4 is 0 Å². The molecule has 0 radical (unpaired) electrons. The van der Waals surface area contributed by atoms with E-state index in [9.17, 15) is 0 Å². The second-order valence-electron chi connectivity index (χ2n) is 4.89. The molecule has 5 nitrogen and oxygen atoms in total. The van der Waals surface area contributed by atoms with Crippen LogP contribution in [-0.2, 0) is 0 Å². The van der Waals surface area contributed by atoms with E-state index in [2.05, 4.69) is 20.3 Å². The van der Waals surface area contributed by atoms with Gasteiger partial charge in [0.25, 0.3) is 0 Å². The van der Waals surface area contributed by atoms with Crippen LogP contribution in [0.4, 0.5) is 0 Å². The van der Waals surface area contributed by atoms with E-state index >= 15 is 0 Å². The van der Waals surface area contributed by atoms with E-state index in [4.69, 9.17) is 11.6 Å². The average Bonchev–Trinajstić information content (AvgIpc) is 3.04. The Bertz CT molecular complexity index is 789. The van der Waals surface area contributed by atoms with E-state index in [1.807, 2.05) is 23.2 Å². The first-order chi connectivity index (χ1) is 9.78. The lowest BCUT2D eigenvalue weighted by molar-refractivity contribution is 0.864. The molecule has 0 amide bonds. The lowest BCUT2D eigenvalue weighted by Crippen LogP contribution is -2.00. The number of H-pyrrole nitrogens is 1. The molecule has 1 aliphatic rings. The van der Waals surface area contributed by atoms with E-state index in [1.54, 1.807) is 6.20 Å².